The number of hydrogen-bond donors (Lipinski definition) is 2. The number of nitro groups is 1. The van der Waals surface area contributed by atoms with Gasteiger partial charge in [-0.2, -0.15) is 0 Å². The summed E-state index contributed by atoms with van der Waals surface area (Å²) >= 11 is 0. The zero-order valence-corrected chi connectivity index (χ0v) is 11.9. The van der Waals surface area contributed by atoms with Crippen LogP contribution in [0.2, 0.25) is 0 Å². The summed E-state index contributed by atoms with van der Waals surface area (Å²) in [6, 6.07) is 4.95. The van der Waals surface area contributed by atoms with E-state index in [1.54, 1.807) is 19.2 Å². The van der Waals surface area contributed by atoms with E-state index in [0.29, 0.717) is 17.4 Å². The second kappa shape index (κ2) is 6.56. The Hall–Kier alpha value is -1.82. The molecule has 2 rings (SSSR count). The highest BCUT2D eigenvalue weighted by molar-refractivity contribution is 5.64. The van der Waals surface area contributed by atoms with Gasteiger partial charge in [0.1, 0.15) is 11.4 Å². The number of benzene rings is 1. The van der Waals surface area contributed by atoms with Gasteiger partial charge in [-0.25, -0.2) is 0 Å². The largest absolute Gasteiger partial charge is 0.497 e. The van der Waals surface area contributed by atoms with Crippen LogP contribution in [0.25, 0.3) is 0 Å². The van der Waals surface area contributed by atoms with Crippen molar-refractivity contribution >= 4 is 11.4 Å². The van der Waals surface area contributed by atoms with Gasteiger partial charge in [-0.15, -0.1) is 0 Å². The van der Waals surface area contributed by atoms with Crippen molar-refractivity contribution in [3.63, 3.8) is 0 Å². The molecule has 0 amide bonds. The highest BCUT2D eigenvalue weighted by Crippen LogP contribution is 2.30. The van der Waals surface area contributed by atoms with Gasteiger partial charge in [0.2, 0.25) is 0 Å². The van der Waals surface area contributed by atoms with Gasteiger partial charge in [-0.3, -0.25) is 10.1 Å². The number of nitro benzene ring substituents is 1. The number of rotatable bonds is 5. The molecule has 2 N–H and O–H groups in total. The molecule has 0 aromatic heterocycles. The molecule has 0 bridgehead atoms. The Bertz CT molecular complexity index is 473. The fourth-order valence-corrected chi connectivity index (χ4v) is 2.59. The van der Waals surface area contributed by atoms with Crippen molar-refractivity contribution in [1.82, 2.24) is 5.32 Å². The highest BCUT2D eigenvalue weighted by Gasteiger charge is 2.23. The van der Waals surface area contributed by atoms with Crippen molar-refractivity contribution in [2.24, 2.45) is 5.92 Å². The lowest BCUT2D eigenvalue weighted by atomic mass is 9.92. The van der Waals surface area contributed by atoms with Gasteiger partial charge in [0.25, 0.3) is 5.69 Å². The summed E-state index contributed by atoms with van der Waals surface area (Å²) in [5.74, 6) is 1.10. The lowest BCUT2D eigenvalue weighted by molar-refractivity contribution is -0.384. The van der Waals surface area contributed by atoms with Crippen molar-refractivity contribution in [2.75, 3.05) is 25.5 Å². The van der Waals surface area contributed by atoms with Gasteiger partial charge in [-0.05, 0) is 44.8 Å². The fourth-order valence-electron chi connectivity index (χ4n) is 2.59. The average Bonchev–Trinajstić information content (AvgIpc) is 2.47. The van der Waals surface area contributed by atoms with Crippen LogP contribution in [0.5, 0.6) is 5.75 Å². The number of nitrogens with one attached hydrogen (secondary N) is 2. The molecule has 20 heavy (non-hydrogen) atoms. The maximum atomic E-state index is 11.1. The van der Waals surface area contributed by atoms with Gasteiger partial charge in [0.05, 0.1) is 12.0 Å². The third-order valence-electron chi connectivity index (χ3n) is 3.83. The van der Waals surface area contributed by atoms with Crippen LogP contribution in [0.15, 0.2) is 18.2 Å². The van der Waals surface area contributed by atoms with E-state index in [1.807, 2.05) is 0 Å². The monoisotopic (exact) mass is 279 g/mol. The Labute approximate surface area is 118 Å². The molecule has 1 fully saturated rings. The van der Waals surface area contributed by atoms with Gasteiger partial charge in [0.15, 0.2) is 0 Å². The second-order valence-electron chi connectivity index (χ2n) is 5.18. The molecule has 2 unspecified atom stereocenters. The smallest absolute Gasteiger partial charge is 0.292 e. The maximum Gasteiger partial charge on any atom is 0.292 e. The number of anilines is 1. The lowest BCUT2D eigenvalue weighted by Crippen LogP contribution is -2.38. The van der Waals surface area contributed by atoms with E-state index >= 15 is 0 Å². The third-order valence-corrected chi connectivity index (χ3v) is 3.83. The summed E-state index contributed by atoms with van der Waals surface area (Å²) in [5.41, 5.74) is 0.605. The Kier molecular flexibility index (Phi) is 4.79. The molecule has 1 aromatic rings. The predicted molar refractivity (Wildman–Crippen MR) is 78.3 cm³/mol. The van der Waals surface area contributed by atoms with E-state index in [2.05, 4.69) is 17.6 Å². The zero-order chi connectivity index (χ0) is 14.5. The molecule has 2 atom stereocenters. The molecular formula is C14H21N3O3. The summed E-state index contributed by atoms with van der Waals surface area (Å²) in [6.07, 6.45) is 2.29. The van der Waals surface area contributed by atoms with E-state index in [9.17, 15) is 10.1 Å². The van der Waals surface area contributed by atoms with E-state index < -0.39 is 0 Å². The van der Waals surface area contributed by atoms with Crippen molar-refractivity contribution in [2.45, 2.75) is 25.8 Å². The summed E-state index contributed by atoms with van der Waals surface area (Å²) < 4.78 is 5.14. The van der Waals surface area contributed by atoms with Crippen molar-refractivity contribution in [1.29, 1.82) is 0 Å². The quantitative estimate of drug-likeness (QED) is 0.639. The van der Waals surface area contributed by atoms with Gasteiger partial charge in [-0.1, -0.05) is 0 Å². The first-order valence-electron chi connectivity index (χ1n) is 6.91. The van der Waals surface area contributed by atoms with Crippen LogP contribution < -0.4 is 15.4 Å². The van der Waals surface area contributed by atoms with E-state index in [0.717, 1.165) is 25.9 Å². The number of ether oxygens (including phenoxy) is 1. The molecule has 0 aliphatic carbocycles. The lowest BCUT2D eigenvalue weighted by Gasteiger charge is -2.29. The first kappa shape index (κ1) is 14.6. The average molecular weight is 279 g/mol. The predicted octanol–water partition coefficient (Wildman–Crippen LogP) is 2.40. The second-order valence-corrected chi connectivity index (χ2v) is 5.18. The van der Waals surface area contributed by atoms with E-state index in [1.165, 1.54) is 6.07 Å². The molecule has 6 nitrogen and oxygen atoms in total. The minimum atomic E-state index is -0.367. The third kappa shape index (κ3) is 3.39. The van der Waals surface area contributed by atoms with Crippen LogP contribution in [0.3, 0.4) is 0 Å². The zero-order valence-electron chi connectivity index (χ0n) is 11.9. The number of methoxy groups -OCH3 is 1. The van der Waals surface area contributed by atoms with Crippen LogP contribution in [-0.2, 0) is 0 Å². The first-order valence-corrected chi connectivity index (χ1v) is 6.91. The van der Waals surface area contributed by atoms with Crippen LogP contribution in [0.4, 0.5) is 11.4 Å². The topological polar surface area (TPSA) is 76.4 Å². The maximum absolute atomic E-state index is 11.1. The van der Waals surface area contributed by atoms with Gasteiger partial charge < -0.3 is 15.4 Å². The number of piperidine rings is 1. The number of hydrogen-bond acceptors (Lipinski definition) is 5. The van der Waals surface area contributed by atoms with Crippen LogP contribution in [-0.4, -0.2) is 31.2 Å². The molecule has 1 aromatic carbocycles. The van der Waals surface area contributed by atoms with Crippen LogP contribution in [0.1, 0.15) is 19.8 Å². The molecule has 1 saturated heterocycles. The van der Waals surface area contributed by atoms with Crippen LogP contribution in [0, 0.1) is 16.0 Å². The Balaban J connectivity index is 2.15. The minimum Gasteiger partial charge on any atom is -0.497 e. The number of nitrogens with zero attached hydrogens (tertiary/aromatic N) is 1. The summed E-state index contributed by atoms with van der Waals surface area (Å²) in [5, 5.41) is 17.7. The Morgan fingerprint density at radius 1 is 1.55 bits per heavy atom. The SMILES string of the molecule is COc1ccc([N+](=O)[O-])c(NC(C)C2CCCNC2)c1. The fraction of sp³-hybridized carbons (Fsp3) is 0.571. The summed E-state index contributed by atoms with van der Waals surface area (Å²) in [7, 11) is 1.55. The summed E-state index contributed by atoms with van der Waals surface area (Å²) in [6.45, 7) is 4.08. The van der Waals surface area contributed by atoms with E-state index in [4.69, 9.17) is 4.74 Å². The molecule has 0 saturated carbocycles. The van der Waals surface area contributed by atoms with Gasteiger partial charge >= 0.3 is 0 Å². The first-order chi connectivity index (χ1) is 9.61. The molecular weight excluding hydrogens is 258 g/mol. The molecule has 110 valence electrons. The standard InChI is InChI=1S/C14H21N3O3/c1-10(11-4-3-7-15-9-11)16-13-8-12(20-2)5-6-14(13)17(18)19/h5-6,8,10-11,15-16H,3-4,7,9H2,1-2H3. The van der Waals surface area contributed by atoms with Crippen LogP contribution >= 0.6 is 0 Å². The molecule has 1 heterocycles. The molecule has 6 heteroatoms. The Morgan fingerprint density at radius 3 is 2.95 bits per heavy atom. The van der Waals surface area contributed by atoms with Crippen molar-refractivity contribution in [3.05, 3.63) is 28.3 Å². The molecule has 0 radical (unpaired) electrons. The summed E-state index contributed by atoms with van der Waals surface area (Å²) in [4.78, 5) is 10.7. The normalized spacial score (nSPS) is 20.2. The molecule has 1 aliphatic rings. The van der Waals surface area contributed by atoms with Crippen molar-refractivity contribution < 1.29 is 9.66 Å². The molecule has 0 spiro atoms. The van der Waals surface area contributed by atoms with E-state index in [-0.39, 0.29) is 16.7 Å². The van der Waals surface area contributed by atoms with Gasteiger partial charge in [0, 0.05) is 18.2 Å². The van der Waals surface area contributed by atoms with Crippen molar-refractivity contribution in [3.8, 4) is 5.75 Å². The minimum absolute atomic E-state index is 0.0846. The molecule has 1 aliphatic heterocycles. The Morgan fingerprint density at radius 2 is 2.35 bits per heavy atom. The highest BCUT2D eigenvalue weighted by atomic mass is 16.6.